The summed E-state index contributed by atoms with van der Waals surface area (Å²) in [5.41, 5.74) is 2.71. The van der Waals surface area contributed by atoms with E-state index in [0.717, 1.165) is 35.1 Å². The van der Waals surface area contributed by atoms with Crippen molar-refractivity contribution >= 4 is 33.5 Å². The number of rotatable bonds is 11. The van der Waals surface area contributed by atoms with Crippen LogP contribution in [0.25, 0.3) is 0 Å². The fourth-order valence-corrected chi connectivity index (χ4v) is 6.30. The van der Waals surface area contributed by atoms with Gasteiger partial charge in [0.2, 0.25) is 0 Å². The Kier molecular flexibility index (Phi) is 9.88. The topological polar surface area (TPSA) is 52.6 Å². The molecule has 0 saturated carbocycles. The van der Waals surface area contributed by atoms with Gasteiger partial charge in [-0.1, -0.05) is 109 Å². The minimum absolute atomic E-state index is 0.195. The molecular formula is C30H28O4S2. The lowest BCUT2D eigenvalue weighted by Gasteiger charge is -2.24. The van der Waals surface area contributed by atoms with Gasteiger partial charge in [0, 0.05) is 5.56 Å². The molecule has 0 saturated heterocycles. The molecule has 0 heterocycles. The van der Waals surface area contributed by atoms with E-state index in [4.69, 9.17) is 9.47 Å². The summed E-state index contributed by atoms with van der Waals surface area (Å²) in [6, 6.07) is 28.8. The van der Waals surface area contributed by atoms with Crippen LogP contribution < -0.4 is 0 Å². The van der Waals surface area contributed by atoms with Crippen molar-refractivity contribution in [3.05, 3.63) is 131 Å². The Bertz CT molecular complexity index is 1180. The zero-order chi connectivity index (χ0) is 25.0. The molecule has 0 spiro atoms. The summed E-state index contributed by atoms with van der Waals surface area (Å²) in [6.45, 7) is 0. The average Bonchev–Trinajstić information content (AvgIpc) is 2.92. The fraction of sp³-hybridized carbons (Fsp3) is 0.200. The number of hydrogen-bond donors (Lipinski definition) is 0. The van der Waals surface area contributed by atoms with Crippen LogP contribution in [0.2, 0.25) is 0 Å². The molecule has 184 valence electrons. The van der Waals surface area contributed by atoms with E-state index >= 15 is 0 Å². The first-order valence-corrected chi connectivity index (χ1v) is 14.1. The van der Waals surface area contributed by atoms with Gasteiger partial charge in [0.1, 0.15) is 0 Å². The van der Waals surface area contributed by atoms with E-state index in [1.165, 1.54) is 21.6 Å². The molecule has 0 fully saturated rings. The van der Waals surface area contributed by atoms with Gasteiger partial charge in [0.05, 0.1) is 12.8 Å². The lowest BCUT2D eigenvalue weighted by atomic mass is 10.1. The summed E-state index contributed by atoms with van der Waals surface area (Å²) in [5, 5.41) is 0. The highest BCUT2D eigenvalue weighted by Gasteiger charge is 2.25. The second-order valence-electron chi connectivity index (χ2n) is 8.28. The quantitative estimate of drug-likeness (QED) is 0.152. The van der Waals surface area contributed by atoms with Crippen molar-refractivity contribution in [2.24, 2.45) is 0 Å². The maximum absolute atomic E-state index is 12.8. The number of ether oxygens (including phenoxy) is 2. The molecule has 3 aromatic rings. The van der Waals surface area contributed by atoms with E-state index in [1.54, 1.807) is 0 Å². The van der Waals surface area contributed by atoms with E-state index in [1.807, 2.05) is 103 Å². The van der Waals surface area contributed by atoms with Gasteiger partial charge in [-0.15, -0.1) is 0 Å². The standard InChI is InChI=1S/C30H28O4S2/c31-27(21-23-13-5-1-6-14-23)33-29(25-17-9-3-10-18-25)35-36-30(26-19-11-4-12-20-26)34-28(32)22-24-15-7-2-8-16-24/h1-11,13-19,29-30H,12,20-22H2. The van der Waals surface area contributed by atoms with Gasteiger partial charge in [-0.05, 0) is 51.1 Å². The summed E-state index contributed by atoms with van der Waals surface area (Å²) in [7, 11) is 2.81. The summed E-state index contributed by atoms with van der Waals surface area (Å²) in [4.78, 5) is 25.6. The molecule has 6 heteroatoms. The van der Waals surface area contributed by atoms with Crippen molar-refractivity contribution in [2.45, 2.75) is 36.6 Å². The van der Waals surface area contributed by atoms with Crippen LogP contribution in [-0.2, 0) is 31.9 Å². The van der Waals surface area contributed by atoms with Gasteiger partial charge in [-0.2, -0.15) is 0 Å². The monoisotopic (exact) mass is 516 g/mol. The first-order valence-electron chi connectivity index (χ1n) is 11.9. The maximum Gasteiger partial charge on any atom is 0.311 e. The number of hydrogen-bond acceptors (Lipinski definition) is 6. The van der Waals surface area contributed by atoms with Crippen LogP contribution >= 0.6 is 21.6 Å². The van der Waals surface area contributed by atoms with Crippen LogP contribution in [-0.4, -0.2) is 17.4 Å². The molecule has 2 atom stereocenters. The lowest BCUT2D eigenvalue weighted by Crippen LogP contribution is -2.19. The molecule has 1 aliphatic carbocycles. The molecule has 4 nitrogen and oxygen atoms in total. The van der Waals surface area contributed by atoms with Crippen molar-refractivity contribution in [1.29, 1.82) is 0 Å². The molecule has 1 aliphatic rings. The van der Waals surface area contributed by atoms with Crippen molar-refractivity contribution < 1.29 is 19.1 Å². The zero-order valence-electron chi connectivity index (χ0n) is 19.8. The Morgan fingerprint density at radius 2 is 1.19 bits per heavy atom. The van der Waals surface area contributed by atoms with E-state index < -0.39 is 10.9 Å². The Balaban J connectivity index is 1.45. The van der Waals surface area contributed by atoms with Crippen LogP contribution in [0.15, 0.2) is 115 Å². The number of allylic oxidation sites excluding steroid dienone is 3. The highest BCUT2D eigenvalue weighted by atomic mass is 33.1. The molecule has 0 bridgehead atoms. The van der Waals surface area contributed by atoms with Gasteiger partial charge in [0.25, 0.3) is 0 Å². The van der Waals surface area contributed by atoms with Gasteiger partial charge in [-0.3, -0.25) is 9.59 Å². The number of benzene rings is 3. The van der Waals surface area contributed by atoms with Crippen molar-refractivity contribution in [2.75, 3.05) is 0 Å². The predicted molar refractivity (Wildman–Crippen MR) is 147 cm³/mol. The molecule has 0 amide bonds. The third-order valence-electron chi connectivity index (χ3n) is 5.51. The van der Waals surface area contributed by atoms with Gasteiger partial charge >= 0.3 is 11.9 Å². The zero-order valence-corrected chi connectivity index (χ0v) is 21.5. The predicted octanol–water partition coefficient (Wildman–Crippen LogP) is 7.24. The van der Waals surface area contributed by atoms with E-state index in [2.05, 4.69) is 6.08 Å². The first kappa shape index (κ1) is 25.9. The van der Waals surface area contributed by atoms with E-state index in [-0.39, 0.29) is 24.8 Å². The fourth-order valence-electron chi connectivity index (χ4n) is 3.68. The van der Waals surface area contributed by atoms with Crippen LogP contribution in [0.5, 0.6) is 0 Å². The minimum Gasteiger partial charge on any atom is -0.445 e. The second kappa shape index (κ2) is 13.8. The smallest absolute Gasteiger partial charge is 0.311 e. The largest absolute Gasteiger partial charge is 0.445 e. The highest BCUT2D eigenvalue weighted by molar-refractivity contribution is 8.77. The van der Waals surface area contributed by atoms with Crippen LogP contribution in [0.3, 0.4) is 0 Å². The third kappa shape index (κ3) is 8.18. The Labute approximate surface area is 220 Å². The molecule has 0 aromatic heterocycles. The van der Waals surface area contributed by atoms with Crippen molar-refractivity contribution in [3.8, 4) is 0 Å². The number of carbonyl (C=O) groups excluding carboxylic acids is 2. The Morgan fingerprint density at radius 3 is 1.72 bits per heavy atom. The normalized spacial score (nSPS) is 14.4. The molecule has 2 unspecified atom stereocenters. The second-order valence-corrected chi connectivity index (χ2v) is 10.7. The summed E-state index contributed by atoms with van der Waals surface area (Å²) in [6.07, 6.45) is 8.23. The Hall–Kier alpha value is -3.22. The van der Waals surface area contributed by atoms with E-state index in [0.29, 0.717) is 0 Å². The lowest BCUT2D eigenvalue weighted by molar-refractivity contribution is -0.145. The summed E-state index contributed by atoms with van der Waals surface area (Å²) in [5.74, 6) is -0.590. The summed E-state index contributed by atoms with van der Waals surface area (Å²) >= 11 is 0. The van der Waals surface area contributed by atoms with E-state index in [9.17, 15) is 9.59 Å². The maximum atomic E-state index is 12.8. The minimum atomic E-state index is -0.539. The number of carbonyl (C=O) groups is 2. The van der Waals surface area contributed by atoms with Gasteiger partial charge in [-0.25, -0.2) is 0 Å². The molecule has 0 N–H and O–H groups in total. The van der Waals surface area contributed by atoms with Crippen LogP contribution in [0, 0.1) is 0 Å². The molecule has 3 aromatic carbocycles. The molecule has 0 aliphatic heterocycles. The molecular weight excluding hydrogens is 488 g/mol. The molecule has 0 radical (unpaired) electrons. The van der Waals surface area contributed by atoms with Gasteiger partial charge in [0.15, 0.2) is 10.9 Å². The molecule has 4 rings (SSSR count). The first-order chi connectivity index (χ1) is 17.7. The van der Waals surface area contributed by atoms with Crippen LogP contribution in [0.1, 0.15) is 35.0 Å². The number of esters is 2. The van der Waals surface area contributed by atoms with Gasteiger partial charge < -0.3 is 9.47 Å². The third-order valence-corrected chi connectivity index (χ3v) is 8.12. The highest BCUT2D eigenvalue weighted by Crippen LogP contribution is 2.44. The van der Waals surface area contributed by atoms with Crippen molar-refractivity contribution in [1.82, 2.24) is 0 Å². The Morgan fingerprint density at radius 1 is 0.694 bits per heavy atom. The SMILES string of the molecule is O=C(Cc1ccccc1)OC(SSC(OC(=O)Cc1ccccc1)c1ccccc1)C1=CC=CCC1. The van der Waals surface area contributed by atoms with Crippen molar-refractivity contribution in [3.63, 3.8) is 0 Å². The van der Waals surface area contributed by atoms with Crippen LogP contribution in [0.4, 0.5) is 0 Å². The molecule has 36 heavy (non-hydrogen) atoms. The summed E-state index contributed by atoms with van der Waals surface area (Å²) < 4.78 is 11.8. The average molecular weight is 517 g/mol.